The molecule has 11 heteroatoms. The van der Waals surface area contributed by atoms with Crippen molar-refractivity contribution in [1.82, 2.24) is 9.21 Å². The number of sulfonamides is 2. The van der Waals surface area contributed by atoms with Gasteiger partial charge in [0, 0.05) is 26.2 Å². The Morgan fingerprint density at radius 3 is 2.38 bits per heavy atom. The predicted molar refractivity (Wildman–Crippen MR) is 106 cm³/mol. The van der Waals surface area contributed by atoms with Gasteiger partial charge in [-0.25, -0.2) is 12.8 Å². The molecule has 2 heterocycles. The van der Waals surface area contributed by atoms with Crippen LogP contribution in [0.25, 0.3) is 0 Å². The Balaban J connectivity index is 1.44. The van der Waals surface area contributed by atoms with Crippen molar-refractivity contribution in [2.24, 2.45) is 4.40 Å². The minimum absolute atomic E-state index is 0.129. The van der Waals surface area contributed by atoms with Gasteiger partial charge in [0.25, 0.3) is 10.0 Å². The zero-order chi connectivity index (χ0) is 20.6. The molecule has 1 fully saturated rings. The molecule has 0 spiro atoms. The Morgan fingerprint density at radius 2 is 1.66 bits per heavy atom. The molecule has 2 aromatic carbocycles. The quantitative estimate of drug-likeness (QED) is 0.774. The fourth-order valence-corrected chi connectivity index (χ4v) is 6.00. The number of halogens is 1. The molecular weight excluding hydrogens is 419 g/mol. The number of hydrogen-bond acceptors (Lipinski definition) is 6. The van der Waals surface area contributed by atoms with Gasteiger partial charge in [-0.3, -0.25) is 4.90 Å². The summed E-state index contributed by atoms with van der Waals surface area (Å²) < 4.78 is 69.0. The van der Waals surface area contributed by atoms with Gasteiger partial charge in [0.15, 0.2) is 0 Å². The summed E-state index contributed by atoms with van der Waals surface area (Å²) in [7, 11) is -7.68. The van der Waals surface area contributed by atoms with Gasteiger partial charge in [-0.2, -0.15) is 12.7 Å². The lowest BCUT2D eigenvalue weighted by molar-refractivity contribution is 0.209. The molecule has 0 radical (unpaired) electrons. The van der Waals surface area contributed by atoms with Gasteiger partial charge in [-0.1, -0.05) is 24.3 Å². The average Bonchev–Trinajstić information content (AvgIpc) is 2.68. The first kappa shape index (κ1) is 20.0. The van der Waals surface area contributed by atoms with E-state index < -0.39 is 25.9 Å². The predicted octanol–water partition coefficient (Wildman–Crippen LogP) is 1.34. The first-order chi connectivity index (χ1) is 13.8. The number of fused-ring (bicyclic) bond motifs is 1. The van der Waals surface area contributed by atoms with E-state index in [9.17, 15) is 21.2 Å². The maximum Gasteiger partial charge on any atom is 0.286 e. The van der Waals surface area contributed by atoms with Crippen molar-refractivity contribution in [3.63, 3.8) is 0 Å². The topological polar surface area (TPSA) is 99.2 Å². The van der Waals surface area contributed by atoms with E-state index in [1.165, 1.54) is 28.6 Å². The van der Waals surface area contributed by atoms with Crippen molar-refractivity contribution in [3.05, 3.63) is 54.3 Å². The van der Waals surface area contributed by atoms with Gasteiger partial charge >= 0.3 is 0 Å². The number of nitrogens with zero attached hydrogens (tertiary/aromatic N) is 3. The monoisotopic (exact) mass is 438 g/mol. The number of piperazine rings is 1. The molecule has 2 aliphatic rings. The van der Waals surface area contributed by atoms with Crippen LogP contribution in [0, 0.1) is 5.82 Å². The summed E-state index contributed by atoms with van der Waals surface area (Å²) >= 11 is 0. The third kappa shape index (κ3) is 3.90. The van der Waals surface area contributed by atoms with Gasteiger partial charge in [0.2, 0.25) is 10.0 Å². The summed E-state index contributed by atoms with van der Waals surface area (Å²) in [5, 5.41) is 3.02. The van der Waals surface area contributed by atoms with E-state index in [0.29, 0.717) is 18.8 Å². The highest BCUT2D eigenvalue weighted by atomic mass is 32.2. The molecule has 0 unspecified atom stereocenters. The van der Waals surface area contributed by atoms with Crippen molar-refractivity contribution in [3.8, 4) is 0 Å². The molecule has 29 heavy (non-hydrogen) atoms. The minimum atomic E-state index is -3.92. The van der Waals surface area contributed by atoms with Crippen LogP contribution >= 0.6 is 0 Å². The fraction of sp³-hybridized carbons (Fsp3) is 0.278. The summed E-state index contributed by atoms with van der Waals surface area (Å²) in [4.78, 5) is 1.70. The number of para-hydroxylation sites is 1. The molecule has 1 saturated heterocycles. The minimum Gasteiger partial charge on any atom is -0.341 e. The lowest BCUT2D eigenvalue weighted by Crippen LogP contribution is -2.50. The van der Waals surface area contributed by atoms with Crippen molar-refractivity contribution in [1.29, 1.82) is 0 Å². The second-order valence-corrected chi connectivity index (χ2v) is 10.2. The van der Waals surface area contributed by atoms with Crippen LogP contribution in [0.5, 0.6) is 0 Å². The first-order valence-electron chi connectivity index (χ1n) is 8.94. The molecule has 0 aromatic heterocycles. The SMILES string of the molecule is O=S1(=O)N=C(CN2CCN(S(=O)(=O)c3ccccc3F)CC2)Nc2ccccc21. The van der Waals surface area contributed by atoms with Crippen LogP contribution in [0.3, 0.4) is 0 Å². The lowest BCUT2D eigenvalue weighted by atomic mass is 10.3. The zero-order valence-corrected chi connectivity index (χ0v) is 17.0. The van der Waals surface area contributed by atoms with Gasteiger partial charge in [-0.05, 0) is 24.3 Å². The molecule has 1 N–H and O–H groups in total. The van der Waals surface area contributed by atoms with E-state index in [0.717, 1.165) is 6.07 Å². The van der Waals surface area contributed by atoms with Gasteiger partial charge in [0.05, 0.1) is 12.2 Å². The first-order valence-corrected chi connectivity index (χ1v) is 11.8. The van der Waals surface area contributed by atoms with Crippen LogP contribution in [-0.4, -0.2) is 64.6 Å². The summed E-state index contributed by atoms with van der Waals surface area (Å²) in [6.45, 7) is 1.33. The standard InChI is InChI=1S/C18H19FN4O4S2/c19-14-5-1-3-7-16(14)29(26,27)23-11-9-22(10-12-23)13-18-20-15-6-2-4-8-17(15)28(24,25)21-18/h1-8H,9-13H2,(H,20,21). The van der Waals surface area contributed by atoms with Crippen LogP contribution in [0.1, 0.15) is 0 Å². The number of hydrogen-bond donors (Lipinski definition) is 1. The summed E-state index contributed by atoms with van der Waals surface area (Å²) in [6.07, 6.45) is 0. The lowest BCUT2D eigenvalue weighted by Gasteiger charge is -2.34. The number of rotatable bonds is 4. The summed E-state index contributed by atoms with van der Waals surface area (Å²) in [5.74, 6) is -0.492. The Bertz CT molecular complexity index is 1170. The Hall–Kier alpha value is -2.34. The number of nitrogens with one attached hydrogen (secondary N) is 1. The molecule has 8 nitrogen and oxygen atoms in total. The Morgan fingerprint density at radius 1 is 1.00 bits per heavy atom. The molecule has 0 atom stereocenters. The highest BCUT2D eigenvalue weighted by Crippen LogP contribution is 2.27. The normalized spacial score (nSPS) is 19.8. The fourth-order valence-electron chi connectivity index (χ4n) is 3.37. The largest absolute Gasteiger partial charge is 0.341 e. The smallest absolute Gasteiger partial charge is 0.286 e. The van der Waals surface area contributed by atoms with E-state index in [-0.39, 0.29) is 35.3 Å². The maximum absolute atomic E-state index is 13.9. The van der Waals surface area contributed by atoms with E-state index in [1.807, 2.05) is 4.90 Å². The van der Waals surface area contributed by atoms with Crippen LogP contribution in [0.2, 0.25) is 0 Å². The Labute approximate surface area is 168 Å². The molecular formula is C18H19FN4O4S2. The third-order valence-corrected chi connectivity index (χ3v) is 8.14. The second-order valence-electron chi connectivity index (χ2n) is 6.74. The average molecular weight is 439 g/mol. The third-order valence-electron chi connectivity index (χ3n) is 4.83. The molecule has 0 saturated carbocycles. The highest BCUT2D eigenvalue weighted by Gasteiger charge is 2.31. The van der Waals surface area contributed by atoms with Gasteiger partial charge in [0.1, 0.15) is 21.4 Å². The van der Waals surface area contributed by atoms with Crippen molar-refractivity contribution >= 4 is 31.6 Å². The number of benzene rings is 2. The second kappa shape index (κ2) is 7.48. The molecule has 0 aliphatic carbocycles. The van der Waals surface area contributed by atoms with Crippen molar-refractivity contribution in [2.75, 3.05) is 38.0 Å². The Kier molecular flexibility index (Phi) is 5.15. The number of anilines is 1. The van der Waals surface area contributed by atoms with Crippen LogP contribution in [-0.2, 0) is 20.0 Å². The van der Waals surface area contributed by atoms with E-state index >= 15 is 0 Å². The van der Waals surface area contributed by atoms with Crippen LogP contribution in [0.15, 0.2) is 62.7 Å². The van der Waals surface area contributed by atoms with Gasteiger partial charge in [-0.15, -0.1) is 4.40 Å². The van der Waals surface area contributed by atoms with Crippen LogP contribution in [0.4, 0.5) is 10.1 Å². The summed E-state index contributed by atoms with van der Waals surface area (Å²) in [5.41, 5.74) is 0.471. The molecule has 0 amide bonds. The van der Waals surface area contributed by atoms with E-state index in [4.69, 9.17) is 0 Å². The van der Waals surface area contributed by atoms with E-state index in [2.05, 4.69) is 9.71 Å². The zero-order valence-electron chi connectivity index (χ0n) is 15.3. The molecule has 2 aliphatic heterocycles. The molecule has 0 bridgehead atoms. The number of amidine groups is 1. The highest BCUT2D eigenvalue weighted by molar-refractivity contribution is 7.90. The van der Waals surface area contributed by atoms with Crippen LogP contribution < -0.4 is 5.32 Å². The summed E-state index contributed by atoms with van der Waals surface area (Å²) in [6, 6.07) is 11.8. The van der Waals surface area contributed by atoms with Gasteiger partial charge < -0.3 is 5.32 Å². The molecule has 154 valence electrons. The van der Waals surface area contributed by atoms with Crippen molar-refractivity contribution < 1.29 is 21.2 Å². The molecule has 2 aromatic rings. The van der Waals surface area contributed by atoms with Crippen molar-refractivity contribution in [2.45, 2.75) is 9.79 Å². The van der Waals surface area contributed by atoms with E-state index in [1.54, 1.807) is 18.2 Å². The maximum atomic E-state index is 13.9. The molecule has 4 rings (SSSR count).